The molecule has 4 rings (SSSR count). The van der Waals surface area contributed by atoms with Gasteiger partial charge in [0.25, 0.3) is 0 Å². The molecule has 112 valence electrons. The minimum atomic E-state index is -0.319. The van der Waals surface area contributed by atoms with Crippen molar-refractivity contribution in [3.8, 4) is 17.4 Å². The third kappa shape index (κ3) is 2.25. The molecule has 0 bridgehead atoms. The standard InChI is InChI=1S/C16H11N5OS/c1-23-16-19-15(22)13-10-6-2-3-7-11(10)18-14(21(13)20-16)12-8-4-5-9-17-12/h2-9H,1H3. The number of benzene rings is 1. The van der Waals surface area contributed by atoms with Gasteiger partial charge >= 0.3 is 5.82 Å². The summed E-state index contributed by atoms with van der Waals surface area (Å²) >= 11 is 1.32. The van der Waals surface area contributed by atoms with E-state index in [9.17, 15) is 5.11 Å². The molecule has 0 radical (unpaired) electrons. The lowest BCUT2D eigenvalue weighted by molar-refractivity contribution is -0.579. The molecule has 6 nitrogen and oxygen atoms in total. The van der Waals surface area contributed by atoms with Crippen LogP contribution in [0.2, 0.25) is 0 Å². The molecule has 0 fully saturated rings. The Morgan fingerprint density at radius 3 is 2.65 bits per heavy atom. The van der Waals surface area contributed by atoms with Crippen LogP contribution in [-0.4, -0.2) is 26.3 Å². The van der Waals surface area contributed by atoms with Crippen LogP contribution >= 0.6 is 11.8 Å². The minimum absolute atomic E-state index is 0.319. The molecule has 0 unspecified atom stereocenters. The average Bonchev–Trinajstić information content (AvgIpc) is 2.61. The monoisotopic (exact) mass is 321 g/mol. The quantitative estimate of drug-likeness (QED) is 0.317. The first kappa shape index (κ1) is 13.8. The fourth-order valence-corrected chi connectivity index (χ4v) is 2.79. The van der Waals surface area contributed by atoms with Gasteiger partial charge in [-0.3, -0.25) is 0 Å². The average molecular weight is 321 g/mol. The van der Waals surface area contributed by atoms with Gasteiger partial charge in [-0.2, -0.15) is 0 Å². The number of aromatic nitrogens is 5. The Labute approximate surface area is 135 Å². The van der Waals surface area contributed by atoms with Crippen molar-refractivity contribution in [2.75, 3.05) is 6.26 Å². The lowest BCUT2D eigenvalue weighted by Gasteiger charge is -2.09. The molecule has 3 heterocycles. The van der Waals surface area contributed by atoms with Crippen LogP contribution < -0.4 is 9.62 Å². The normalized spacial score (nSPS) is 11.2. The smallest absolute Gasteiger partial charge is 0.375 e. The van der Waals surface area contributed by atoms with Crippen molar-refractivity contribution < 1.29 is 9.62 Å². The van der Waals surface area contributed by atoms with Gasteiger partial charge in [-0.25, -0.2) is 9.97 Å². The molecule has 0 saturated heterocycles. The second kappa shape index (κ2) is 5.44. The SMILES string of the molecule is CSc1nc([O-])c2c3ccccc3nc(-c3ccccn3)[n+]2n1. The van der Waals surface area contributed by atoms with Crippen molar-refractivity contribution in [3.05, 3.63) is 48.7 Å². The maximum atomic E-state index is 12.5. The van der Waals surface area contributed by atoms with Crippen LogP contribution in [0.4, 0.5) is 0 Å². The van der Waals surface area contributed by atoms with Gasteiger partial charge in [0.1, 0.15) is 0 Å². The number of para-hydroxylation sites is 1. The summed E-state index contributed by atoms with van der Waals surface area (Å²) in [4.78, 5) is 13.0. The van der Waals surface area contributed by atoms with Crippen molar-refractivity contribution in [3.63, 3.8) is 0 Å². The highest BCUT2D eigenvalue weighted by Gasteiger charge is 2.22. The number of pyridine rings is 1. The Morgan fingerprint density at radius 1 is 1.04 bits per heavy atom. The number of rotatable bonds is 2. The molecule has 0 aliphatic rings. The zero-order chi connectivity index (χ0) is 15.8. The van der Waals surface area contributed by atoms with Crippen LogP contribution in [0.15, 0.2) is 53.8 Å². The molecular weight excluding hydrogens is 310 g/mol. The van der Waals surface area contributed by atoms with E-state index in [1.165, 1.54) is 11.8 Å². The van der Waals surface area contributed by atoms with Crippen molar-refractivity contribution in [2.24, 2.45) is 0 Å². The van der Waals surface area contributed by atoms with Gasteiger partial charge < -0.3 is 5.11 Å². The van der Waals surface area contributed by atoms with Crippen LogP contribution in [0.25, 0.3) is 27.9 Å². The van der Waals surface area contributed by atoms with Crippen molar-refractivity contribution in [1.29, 1.82) is 0 Å². The molecule has 0 aliphatic heterocycles. The largest absolute Gasteiger partial charge is 0.856 e. The molecule has 0 atom stereocenters. The first-order valence-corrected chi connectivity index (χ1v) is 8.15. The molecule has 0 spiro atoms. The van der Waals surface area contributed by atoms with Crippen LogP contribution in [0, 0.1) is 0 Å². The van der Waals surface area contributed by atoms with E-state index < -0.39 is 0 Å². The lowest BCUT2D eigenvalue weighted by atomic mass is 10.2. The predicted octanol–water partition coefficient (Wildman–Crippen LogP) is 1.62. The highest BCUT2D eigenvalue weighted by atomic mass is 32.2. The molecule has 1 aromatic carbocycles. The maximum Gasteiger partial charge on any atom is 0.375 e. The summed E-state index contributed by atoms with van der Waals surface area (Å²) in [5.74, 6) is 0.203. The van der Waals surface area contributed by atoms with Crippen LogP contribution in [-0.2, 0) is 0 Å². The van der Waals surface area contributed by atoms with Crippen LogP contribution in [0.1, 0.15) is 0 Å². The van der Waals surface area contributed by atoms with Crippen molar-refractivity contribution in [2.45, 2.75) is 5.16 Å². The highest BCUT2D eigenvalue weighted by molar-refractivity contribution is 7.98. The molecule has 0 amide bonds. The molecule has 3 aromatic heterocycles. The third-order valence-electron chi connectivity index (χ3n) is 3.46. The fraction of sp³-hybridized carbons (Fsp3) is 0.0625. The Morgan fingerprint density at radius 2 is 1.87 bits per heavy atom. The summed E-state index contributed by atoms with van der Waals surface area (Å²) < 4.78 is 1.55. The second-order valence-corrected chi connectivity index (χ2v) is 5.60. The van der Waals surface area contributed by atoms with Gasteiger partial charge in [-0.1, -0.05) is 34.5 Å². The van der Waals surface area contributed by atoms with E-state index in [0.717, 1.165) is 5.39 Å². The number of thioether (sulfide) groups is 1. The van der Waals surface area contributed by atoms with Crippen molar-refractivity contribution >= 4 is 28.2 Å². The first-order valence-electron chi connectivity index (χ1n) is 6.93. The molecule has 0 saturated carbocycles. The van der Waals surface area contributed by atoms with Gasteiger partial charge in [-0.15, -0.1) is 0 Å². The second-order valence-electron chi connectivity index (χ2n) is 4.83. The summed E-state index contributed by atoms with van der Waals surface area (Å²) in [6, 6.07) is 13.0. The molecule has 0 N–H and O–H groups in total. The topological polar surface area (TPSA) is 78.7 Å². The summed E-state index contributed by atoms with van der Waals surface area (Å²) in [6.07, 6.45) is 3.52. The maximum absolute atomic E-state index is 12.5. The Kier molecular flexibility index (Phi) is 3.27. The zero-order valence-corrected chi connectivity index (χ0v) is 13.0. The summed E-state index contributed by atoms with van der Waals surface area (Å²) in [5, 5.41) is 18.1. The van der Waals surface area contributed by atoms with E-state index in [-0.39, 0.29) is 5.88 Å². The van der Waals surface area contributed by atoms with Gasteiger partial charge in [0.05, 0.1) is 5.39 Å². The van der Waals surface area contributed by atoms with Gasteiger partial charge in [0, 0.05) is 12.1 Å². The Bertz CT molecular complexity index is 1020. The molecule has 23 heavy (non-hydrogen) atoms. The van der Waals surface area contributed by atoms with E-state index in [1.807, 2.05) is 48.7 Å². The molecular formula is C16H11N5OS. The fourth-order valence-electron chi connectivity index (χ4n) is 2.45. The number of fused-ring (bicyclic) bond motifs is 3. The van der Waals surface area contributed by atoms with Gasteiger partial charge in [0.15, 0.2) is 16.7 Å². The van der Waals surface area contributed by atoms with Crippen LogP contribution in [0.3, 0.4) is 0 Å². The van der Waals surface area contributed by atoms with Gasteiger partial charge in [-0.05, 0) is 40.6 Å². The number of hydrogen-bond donors (Lipinski definition) is 0. The molecule has 7 heteroatoms. The van der Waals surface area contributed by atoms with Crippen molar-refractivity contribution in [1.82, 2.24) is 20.1 Å². The van der Waals surface area contributed by atoms with Gasteiger partial charge in [0.2, 0.25) is 5.16 Å². The summed E-state index contributed by atoms with van der Waals surface area (Å²) in [7, 11) is 0. The highest BCUT2D eigenvalue weighted by Crippen LogP contribution is 2.24. The molecule has 0 aliphatic carbocycles. The predicted molar refractivity (Wildman–Crippen MR) is 85.0 cm³/mol. The van der Waals surface area contributed by atoms with E-state index in [0.29, 0.717) is 27.7 Å². The first-order chi connectivity index (χ1) is 11.3. The minimum Gasteiger partial charge on any atom is -0.856 e. The van der Waals surface area contributed by atoms with E-state index in [1.54, 1.807) is 10.7 Å². The Balaban J connectivity index is 2.21. The van der Waals surface area contributed by atoms with E-state index >= 15 is 0 Å². The molecule has 4 aromatic rings. The zero-order valence-electron chi connectivity index (χ0n) is 12.2. The number of nitrogens with zero attached hydrogens (tertiary/aromatic N) is 5. The Hall–Kier alpha value is -2.80. The third-order valence-corrected chi connectivity index (χ3v) is 4.00. The van der Waals surface area contributed by atoms with Crippen LogP contribution in [0.5, 0.6) is 5.88 Å². The van der Waals surface area contributed by atoms with E-state index in [2.05, 4.69) is 20.1 Å². The lowest BCUT2D eigenvalue weighted by Crippen LogP contribution is -2.34. The number of hydrogen-bond acceptors (Lipinski definition) is 6. The summed E-state index contributed by atoms with van der Waals surface area (Å²) in [5.41, 5.74) is 1.78. The summed E-state index contributed by atoms with van der Waals surface area (Å²) in [6.45, 7) is 0. The van der Waals surface area contributed by atoms with E-state index in [4.69, 9.17) is 0 Å².